The number of rotatable bonds is 7. The van der Waals surface area contributed by atoms with E-state index in [0.717, 1.165) is 37.0 Å². The van der Waals surface area contributed by atoms with E-state index in [1.165, 1.54) is 31.2 Å². The summed E-state index contributed by atoms with van der Waals surface area (Å²) in [6.07, 6.45) is 8.79. The maximum Gasteiger partial charge on any atom is 0.226 e. The van der Waals surface area contributed by atoms with Crippen LogP contribution in [-0.2, 0) is 9.59 Å². The van der Waals surface area contributed by atoms with Crippen molar-refractivity contribution in [1.82, 2.24) is 10.6 Å². The molecule has 3 unspecified atom stereocenters. The highest BCUT2D eigenvalue weighted by atomic mass is 16.2. The van der Waals surface area contributed by atoms with Crippen molar-refractivity contribution < 1.29 is 9.59 Å². The first-order valence-corrected chi connectivity index (χ1v) is 11.6. The van der Waals surface area contributed by atoms with Gasteiger partial charge in [-0.3, -0.25) is 9.59 Å². The molecule has 29 heavy (non-hydrogen) atoms. The molecule has 0 aliphatic heterocycles. The van der Waals surface area contributed by atoms with Gasteiger partial charge in [0.1, 0.15) is 0 Å². The SMILES string of the molecule is CC1CC1C(NC(=O)CCNC(=O)C12CC3CC(CC(C3)C1)C2)c1ccccc1. The van der Waals surface area contributed by atoms with Crippen LogP contribution in [0.25, 0.3) is 0 Å². The van der Waals surface area contributed by atoms with E-state index in [2.05, 4.69) is 29.7 Å². The molecule has 0 aromatic heterocycles. The van der Waals surface area contributed by atoms with E-state index in [4.69, 9.17) is 0 Å². The van der Waals surface area contributed by atoms with E-state index in [1.807, 2.05) is 18.2 Å². The highest BCUT2D eigenvalue weighted by molar-refractivity contribution is 5.84. The van der Waals surface area contributed by atoms with Crippen LogP contribution >= 0.6 is 0 Å². The van der Waals surface area contributed by atoms with Gasteiger partial charge in [-0.2, -0.15) is 0 Å². The maximum atomic E-state index is 13.0. The van der Waals surface area contributed by atoms with E-state index in [0.29, 0.717) is 24.8 Å². The number of nitrogens with one attached hydrogen (secondary N) is 2. The standard InChI is InChI=1S/C25H34N2O2/c1-16-9-21(16)23(20-5-3-2-4-6-20)27-22(28)7-8-26-24(29)25-13-17-10-18(14-25)12-19(11-17)15-25/h2-6,16-19,21,23H,7-15H2,1H3,(H,26,29)(H,27,28). The first kappa shape index (κ1) is 19.1. The molecule has 3 atom stereocenters. The second-order valence-corrected chi connectivity index (χ2v) is 10.5. The summed E-state index contributed by atoms with van der Waals surface area (Å²) in [5.74, 6) is 3.76. The van der Waals surface area contributed by atoms with Crippen molar-refractivity contribution in [3.8, 4) is 0 Å². The van der Waals surface area contributed by atoms with Gasteiger partial charge in [-0.1, -0.05) is 37.3 Å². The Morgan fingerprint density at radius 1 is 1.00 bits per heavy atom. The molecule has 5 fully saturated rings. The molecule has 0 heterocycles. The Balaban J connectivity index is 1.14. The monoisotopic (exact) mass is 394 g/mol. The zero-order valence-electron chi connectivity index (χ0n) is 17.5. The van der Waals surface area contributed by atoms with E-state index in [-0.39, 0.29) is 23.3 Å². The van der Waals surface area contributed by atoms with E-state index < -0.39 is 0 Å². The molecular formula is C25H34N2O2. The first-order chi connectivity index (χ1) is 14.0. The Hall–Kier alpha value is -1.84. The Labute approximate surface area is 174 Å². The van der Waals surface area contributed by atoms with Crippen molar-refractivity contribution in [2.24, 2.45) is 35.0 Å². The van der Waals surface area contributed by atoms with Crippen molar-refractivity contribution in [2.45, 2.75) is 64.3 Å². The van der Waals surface area contributed by atoms with Gasteiger partial charge in [-0.15, -0.1) is 0 Å². The topological polar surface area (TPSA) is 58.2 Å². The molecule has 1 aromatic rings. The van der Waals surface area contributed by atoms with Crippen LogP contribution in [0.3, 0.4) is 0 Å². The molecule has 4 nitrogen and oxygen atoms in total. The summed E-state index contributed by atoms with van der Waals surface area (Å²) in [7, 11) is 0. The fraction of sp³-hybridized carbons (Fsp3) is 0.680. The molecular weight excluding hydrogens is 360 g/mol. The highest BCUT2D eigenvalue weighted by Crippen LogP contribution is 2.60. The lowest BCUT2D eigenvalue weighted by Crippen LogP contribution is -2.53. The van der Waals surface area contributed by atoms with Crippen LogP contribution in [0.5, 0.6) is 0 Å². The number of benzene rings is 1. The van der Waals surface area contributed by atoms with E-state index in [9.17, 15) is 9.59 Å². The summed E-state index contributed by atoms with van der Waals surface area (Å²) in [5, 5.41) is 6.38. The Morgan fingerprint density at radius 2 is 1.59 bits per heavy atom. The van der Waals surface area contributed by atoms with Crippen LogP contribution in [0.4, 0.5) is 0 Å². The predicted molar refractivity (Wildman–Crippen MR) is 113 cm³/mol. The normalized spacial score (nSPS) is 37.8. The predicted octanol–water partition coefficient (Wildman–Crippen LogP) is 4.22. The van der Waals surface area contributed by atoms with E-state index >= 15 is 0 Å². The summed E-state index contributed by atoms with van der Waals surface area (Å²) >= 11 is 0. The number of hydrogen-bond acceptors (Lipinski definition) is 2. The van der Waals surface area contributed by atoms with Crippen LogP contribution in [0, 0.1) is 35.0 Å². The molecule has 1 aromatic carbocycles. The Morgan fingerprint density at radius 3 is 2.14 bits per heavy atom. The largest absolute Gasteiger partial charge is 0.355 e. The summed E-state index contributed by atoms with van der Waals surface area (Å²) < 4.78 is 0. The Bertz CT molecular complexity index is 739. The van der Waals surface area contributed by atoms with Gasteiger partial charge in [0, 0.05) is 18.4 Å². The maximum absolute atomic E-state index is 13.0. The third-order valence-corrected chi connectivity index (χ3v) is 8.23. The van der Waals surface area contributed by atoms with Crippen molar-refractivity contribution >= 4 is 11.8 Å². The lowest BCUT2D eigenvalue weighted by Gasteiger charge is -2.55. The van der Waals surface area contributed by atoms with Crippen molar-refractivity contribution in [3.05, 3.63) is 35.9 Å². The minimum atomic E-state index is -0.124. The summed E-state index contributed by atoms with van der Waals surface area (Å²) in [5.41, 5.74) is 1.06. The van der Waals surface area contributed by atoms with E-state index in [1.54, 1.807) is 0 Å². The molecule has 4 bridgehead atoms. The number of carbonyl (C=O) groups is 2. The second kappa shape index (κ2) is 7.45. The van der Waals surface area contributed by atoms with Gasteiger partial charge in [-0.05, 0) is 80.1 Å². The zero-order chi connectivity index (χ0) is 20.0. The molecule has 5 saturated carbocycles. The minimum Gasteiger partial charge on any atom is -0.355 e. The van der Waals surface area contributed by atoms with Crippen LogP contribution in [0.1, 0.15) is 69.9 Å². The molecule has 0 saturated heterocycles. The molecule has 2 amide bonds. The highest BCUT2D eigenvalue weighted by Gasteiger charge is 2.54. The molecule has 2 N–H and O–H groups in total. The van der Waals surface area contributed by atoms with Gasteiger partial charge in [0.2, 0.25) is 11.8 Å². The fourth-order valence-electron chi connectivity index (χ4n) is 7.02. The number of hydrogen-bond donors (Lipinski definition) is 2. The fourth-order valence-corrected chi connectivity index (χ4v) is 7.02. The molecule has 5 aliphatic rings. The van der Waals surface area contributed by atoms with Gasteiger partial charge in [0.25, 0.3) is 0 Å². The average Bonchev–Trinajstić information content (AvgIpc) is 3.42. The van der Waals surface area contributed by atoms with Crippen molar-refractivity contribution in [2.75, 3.05) is 6.54 Å². The van der Waals surface area contributed by atoms with Gasteiger partial charge in [-0.25, -0.2) is 0 Å². The molecule has 6 rings (SSSR count). The third-order valence-electron chi connectivity index (χ3n) is 8.23. The molecule has 156 valence electrons. The number of carbonyl (C=O) groups excluding carboxylic acids is 2. The molecule has 0 spiro atoms. The van der Waals surface area contributed by atoms with Crippen LogP contribution in [-0.4, -0.2) is 18.4 Å². The summed E-state index contributed by atoms with van der Waals surface area (Å²) in [6, 6.07) is 10.4. The van der Waals surface area contributed by atoms with Gasteiger partial charge in [0.15, 0.2) is 0 Å². The smallest absolute Gasteiger partial charge is 0.226 e. The quantitative estimate of drug-likeness (QED) is 0.727. The van der Waals surface area contributed by atoms with Crippen LogP contribution < -0.4 is 10.6 Å². The molecule has 0 radical (unpaired) electrons. The molecule has 5 aliphatic carbocycles. The third kappa shape index (κ3) is 3.83. The van der Waals surface area contributed by atoms with Crippen molar-refractivity contribution in [3.63, 3.8) is 0 Å². The van der Waals surface area contributed by atoms with Crippen LogP contribution in [0.2, 0.25) is 0 Å². The second-order valence-electron chi connectivity index (χ2n) is 10.5. The lowest BCUT2D eigenvalue weighted by atomic mass is 9.49. The van der Waals surface area contributed by atoms with Gasteiger partial charge < -0.3 is 10.6 Å². The Kier molecular flexibility index (Phi) is 4.92. The van der Waals surface area contributed by atoms with Crippen molar-refractivity contribution in [1.29, 1.82) is 0 Å². The zero-order valence-corrected chi connectivity index (χ0v) is 17.5. The summed E-state index contributed by atoms with van der Waals surface area (Å²) in [6.45, 7) is 2.70. The van der Waals surface area contributed by atoms with Gasteiger partial charge >= 0.3 is 0 Å². The lowest BCUT2D eigenvalue weighted by molar-refractivity contribution is -0.146. The van der Waals surface area contributed by atoms with Crippen LogP contribution in [0.15, 0.2) is 30.3 Å². The number of amides is 2. The summed E-state index contributed by atoms with van der Waals surface area (Å²) in [4.78, 5) is 25.7. The first-order valence-electron chi connectivity index (χ1n) is 11.6. The molecule has 4 heteroatoms. The average molecular weight is 395 g/mol. The van der Waals surface area contributed by atoms with Gasteiger partial charge in [0.05, 0.1) is 6.04 Å². The minimum absolute atomic E-state index is 0.0452.